The molecule has 0 unspecified atom stereocenters. The molecule has 4 rings (SSSR count). The monoisotopic (exact) mass is 336 g/mol. The van der Waals surface area contributed by atoms with Gasteiger partial charge in [-0.15, -0.1) is 0 Å². The third kappa shape index (κ3) is 3.42. The number of benzene rings is 1. The van der Waals surface area contributed by atoms with Crippen molar-refractivity contribution in [1.29, 1.82) is 0 Å². The molecule has 6 heteroatoms. The lowest BCUT2D eigenvalue weighted by atomic mass is 10.3. The van der Waals surface area contributed by atoms with Crippen molar-refractivity contribution in [3.05, 3.63) is 78.1 Å². The van der Waals surface area contributed by atoms with Crippen LogP contribution in [0.4, 0.5) is 4.39 Å². The van der Waals surface area contributed by atoms with Crippen molar-refractivity contribution in [2.24, 2.45) is 0 Å². The average Bonchev–Trinajstić information content (AvgIpc) is 3.35. The number of aromatic nitrogens is 3. The van der Waals surface area contributed by atoms with Crippen LogP contribution in [0.25, 0.3) is 5.69 Å². The van der Waals surface area contributed by atoms with Gasteiger partial charge in [-0.3, -0.25) is 9.78 Å². The van der Waals surface area contributed by atoms with E-state index in [1.54, 1.807) is 30.6 Å². The van der Waals surface area contributed by atoms with E-state index in [9.17, 15) is 9.18 Å². The summed E-state index contributed by atoms with van der Waals surface area (Å²) in [7, 11) is 0. The Kier molecular flexibility index (Phi) is 4.01. The van der Waals surface area contributed by atoms with E-state index in [0.29, 0.717) is 17.9 Å². The van der Waals surface area contributed by atoms with Crippen LogP contribution in [-0.2, 0) is 6.54 Å². The second kappa shape index (κ2) is 6.47. The zero-order valence-electron chi connectivity index (χ0n) is 13.5. The van der Waals surface area contributed by atoms with Gasteiger partial charge < -0.3 is 4.90 Å². The van der Waals surface area contributed by atoms with Crippen LogP contribution < -0.4 is 0 Å². The van der Waals surface area contributed by atoms with Crippen LogP contribution in [0.5, 0.6) is 0 Å². The molecule has 126 valence electrons. The second-order valence-electron chi connectivity index (χ2n) is 6.11. The molecule has 25 heavy (non-hydrogen) atoms. The van der Waals surface area contributed by atoms with Crippen molar-refractivity contribution < 1.29 is 9.18 Å². The van der Waals surface area contributed by atoms with Crippen LogP contribution >= 0.6 is 0 Å². The molecule has 1 amide bonds. The predicted molar refractivity (Wildman–Crippen MR) is 90.7 cm³/mol. The molecule has 1 fully saturated rings. The van der Waals surface area contributed by atoms with E-state index < -0.39 is 0 Å². The van der Waals surface area contributed by atoms with E-state index in [2.05, 4.69) is 10.1 Å². The number of carbonyl (C=O) groups is 1. The van der Waals surface area contributed by atoms with E-state index in [-0.39, 0.29) is 17.8 Å². The van der Waals surface area contributed by atoms with Gasteiger partial charge in [-0.05, 0) is 49.2 Å². The second-order valence-corrected chi connectivity index (χ2v) is 6.11. The van der Waals surface area contributed by atoms with Crippen LogP contribution in [0, 0.1) is 5.82 Å². The first-order chi connectivity index (χ1) is 12.2. The highest BCUT2D eigenvalue weighted by atomic mass is 19.1. The lowest BCUT2D eigenvalue weighted by Crippen LogP contribution is -2.33. The van der Waals surface area contributed by atoms with Crippen molar-refractivity contribution in [3.8, 4) is 5.69 Å². The van der Waals surface area contributed by atoms with Crippen molar-refractivity contribution in [1.82, 2.24) is 19.7 Å². The SMILES string of the molecule is O=C(c1ccn(-c2cccc(F)c2)n1)N(Cc1ccccn1)C1CC1. The summed E-state index contributed by atoms with van der Waals surface area (Å²) in [5, 5.41) is 4.33. The van der Waals surface area contributed by atoms with E-state index in [1.165, 1.54) is 16.8 Å². The molecule has 1 aliphatic rings. The molecular formula is C19H17FN4O. The lowest BCUT2D eigenvalue weighted by molar-refractivity contribution is 0.0721. The summed E-state index contributed by atoms with van der Waals surface area (Å²) in [6.45, 7) is 0.469. The standard InChI is InChI=1S/C19H17FN4O/c20-14-4-3-6-17(12-14)24-11-9-18(22-24)19(25)23(16-7-8-16)13-15-5-1-2-10-21-15/h1-6,9-12,16H,7-8,13H2. The van der Waals surface area contributed by atoms with E-state index >= 15 is 0 Å². The van der Waals surface area contributed by atoms with Gasteiger partial charge in [0.1, 0.15) is 5.82 Å². The molecule has 1 aromatic carbocycles. The minimum Gasteiger partial charge on any atom is -0.328 e. The van der Waals surface area contributed by atoms with Crippen molar-refractivity contribution >= 4 is 5.91 Å². The predicted octanol–water partition coefficient (Wildman–Crippen LogP) is 3.21. The van der Waals surface area contributed by atoms with Crippen LogP contribution in [0.3, 0.4) is 0 Å². The molecule has 0 atom stereocenters. The van der Waals surface area contributed by atoms with Gasteiger partial charge in [-0.1, -0.05) is 12.1 Å². The summed E-state index contributed by atoms with van der Waals surface area (Å²) in [5.41, 5.74) is 1.79. The molecule has 2 aromatic heterocycles. The molecule has 0 radical (unpaired) electrons. The fraction of sp³-hybridized carbons (Fsp3) is 0.211. The normalized spacial score (nSPS) is 13.6. The van der Waals surface area contributed by atoms with Gasteiger partial charge in [-0.2, -0.15) is 5.10 Å². The van der Waals surface area contributed by atoms with Crippen LogP contribution in [0.2, 0.25) is 0 Å². The average molecular weight is 336 g/mol. The maximum absolute atomic E-state index is 13.4. The summed E-state index contributed by atoms with van der Waals surface area (Å²) < 4.78 is 14.9. The van der Waals surface area contributed by atoms with Crippen LogP contribution in [0.1, 0.15) is 29.0 Å². The molecule has 0 spiro atoms. The number of amides is 1. The zero-order valence-corrected chi connectivity index (χ0v) is 13.5. The summed E-state index contributed by atoms with van der Waals surface area (Å²) in [5.74, 6) is -0.459. The van der Waals surface area contributed by atoms with Crippen LogP contribution in [0.15, 0.2) is 60.9 Å². The third-order valence-corrected chi connectivity index (χ3v) is 4.19. The Hall–Kier alpha value is -3.02. The fourth-order valence-electron chi connectivity index (χ4n) is 2.77. The highest BCUT2D eigenvalue weighted by Crippen LogP contribution is 2.29. The first-order valence-corrected chi connectivity index (χ1v) is 8.23. The minimum atomic E-state index is -0.337. The highest BCUT2D eigenvalue weighted by Gasteiger charge is 2.34. The first kappa shape index (κ1) is 15.5. The number of carbonyl (C=O) groups excluding carboxylic acids is 1. The number of pyridine rings is 1. The first-order valence-electron chi connectivity index (χ1n) is 8.23. The topological polar surface area (TPSA) is 51.0 Å². The summed E-state index contributed by atoms with van der Waals surface area (Å²) in [4.78, 5) is 19.0. The van der Waals surface area contributed by atoms with Crippen molar-refractivity contribution in [3.63, 3.8) is 0 Å². The maximum atomic E-state index is 13.4. The molecule has 3 aromatic rings. The highest BCUT2D eigenvalue weighted by molar-refractivity contribution is 5.92. The van der Waals surface area contributed by atoms with Gasteiger partial charge in [0.15, 0.2) is 5.69 Å². The molecule has 0 saturated heterocycles. The van der Waals surface area contributed by atoms with Crippen molar-refractivity contribution in [2.75, 3.05) is 0 Å². The van der Waals surface area contributed by atoms with Crippen molar-refractivity contribution in [2.45, 2.75) is 25.4 Å². The summed E-state index contributed by atoms with van der Waals surface area (Å²) in [6.07, 6.45) is 5.41. The summed E-state index contributed by atoms with van der Waals surface area (Å²) in [6, 6.07) is 13.7. The number of rotatable bonds is 5. The quantitative estimate of drug-likeness (QED) is 0.719. The van der Waals surface area contributed by atoms with E-state index in [1.807, 2.05) is 23.1 Å². The Morgan fingerprint density at radius 3 is 2.80 bits per heavy atom. The Morgan fingerprint density at radius 2 is 2.08 bits per heavy atom. The number of nitrogens with zero attached hydrogens (tertiary/aromatic N) is 4. The molecule has 1 aliphatic carbocycles. The molecule has 5 nitrogen and oxygen atoms in total. The number of halogens is 1. The molecule has 0 aliphatic heterocycles. The third-order valence-electron chi connectivity index (χ3n) is 4.19. The minimum absolute atomic E-state index is 0.122. The Labute approximate surface area is 144 Å². The van der Waals surface area contributed by atoms with E-state index in [4.69, 9.17) is 0 Å². The molecule has 0 N–H and O–H groups in total. The van der Waals surface area contributed by atoms with Gasteiger partial charge in [-0.25, -0.2) is 9.07 Å². The number of hydrogen-bond donors (Lipinski definition) is 0. The van der Waals surface area contributed by atoms with Gasteiger partial charge in [0.2, 0.25) is 0 Å². The molecular weight excluding hydrogens is 319 g/mol. The fourth-order valence-corrected chi connectivity index (χ4v) is 2.77. The van der Waals surface area contributed by atoms with Gasteiger partial charge in [0, 0.05) is 18.4 Å². The van der Waals surface area contributed by atoms with E-state index in [0.717, 1.165) is 18.5 Å². The van der Waals surface area contributed by atoms with Gasteiger partial charge in [0.05, 0.1) is 17.9 Å². The Morgan fingerprint density at radius 1 is 1.20 bits per heavy atom. The number of hydrogen-bond acceptors (Lipinski definition) is 3. The Bertz CT molecular complexity index is 889. The molecule has 2 heterocycles. The molecule has 0 bridgehead atoms. The largest absolute Gasteiger partial charge is 0.328 e. The zero-order chi connectivity index (χ0) is 17.2. The smallest absolute Gasteiger partial charge is 0.274 e. The maximum Gasteiger partial charge on any atom is 0.274 e. The van der Waals surface area contributed by atoms with Crippen LogP contribution in [-0.4, -0.2) is 31.6 Å². The van der Waals surface area contributed by atoms with Gasteiger partial charge >= 0.3 is 0 Å². The summed E-state index contributed by atoms with van der Waals surface area (Å²) >= 11 is 0. The van der Waals surface area contributed by atoms with Gasteiger partial charge in [0.25, 0.3) is 5.91 Å². The lowest BCUT2D eigenvalue weighted by Gasteiger charge is -2.21. The molecule has 1 saturated carbocycles. The Balaban J connectivity index is 1.57.